The van der Waals surface area contributed by atoms with Crippen LogP contribution < -0.4 is 10.5 Å². The highest BCUT2D eigenvalue weighted by atomic mass is 35.5. The minimum absolute atomic E-state index is 0.130. The van der Waals surface area contributed by atoms with Crippen molar-refractivity contribution in [1.29, 1.82) is 0 Å². The van der Waals surface area contributed by atoms with Gasteiger partial charge in [-0.3, -0.25) is 0 Å². The number of halogens is 2. The van der Waals surface area contributed by atoms with Crippen LogP contribution in [0, 0.1) is 11.7 Å². The van der Waals surface area contributed by atoms with Crippen LogP contribution in [0.15, 0.2) is 23.1 Å². The number of hydrogen-bond donors (Lipinski definition) is 2. The van der Waals surface area contributed by atoms with Gasteiger partial charge in [0.15, 0.2) is 0 Å². The van der Waals surface area contributed by atoms with Gasteiger partial charge in [-0.15, -0.1) is 0 Å². The fourth-order valence-corrected chi connectivity index (χ4v) is 3.76. The summed E-state index contributed by atoms with van der Waals surface area (Å²) in [7, 11) is -3.97. The molecule has 0 radical (unpaired) electrons. The molecule has 7 heteroatoms. The van der Waals surface area contributed by atoms with Gasteiger partial charge in [0.1, 0.15) is 10.7 Å². The molecule has 1 aromatic rings. The Kier molecular flexibility index (Phi) is 3.91. The molecule has 1 aromatic carbocycles. The molecule has 1 aliphatic carbocycles. The zero-order valence-corrected chi connectivity index (χ0v) is 11.1. The largest absolute Gasteiger partial charge is 0.329 e. The number of hydrogen-bond acceptors (Lipinski definition) is 3. The highest BCUT2D eigenvalue weighted by Crippen LogP contribution is 2.33. The Balaban J connectivity index is 2.30. The predicted molar refractivity (Wildman–Crippen MR) is 67.3 cm³/mol. The maximum atomic E-state index is 13.6. The molecule has 0 saturated heterocycles. The Labute approximate surface area is 110 Å². The van der Waals surface area contributed by atoms with Crippen molar-refractivity contribution in [1.82, 2.24) is 4.72 Å². The van der Waals surface area contributed by atoms with Crippen LogP contribution in [0.2, 0.25) is 5.02 Å². The van der Waals surface area contributed by atoms with Crippen molar-refractivity contribution in [3.63, 3.8) is 0 Å². The van der Waals surface area contributed by atoms with E-state index in [1.54, 1.807) is 0 Å². The van der Waals surface area contributed by atoms with Crippen molar-refractivity contribution in [2.45, 2.75) is 23.8 Å². The molecule has 0 aromatic heterocycles. The van der Waals surface area contributed by atoms with Crippen LogP contribution in [0.3, 0.4) is 0 Å². The number of benzene rings is 1. The fraction of sp³-hybridized carbons (Fsp3) is 0.455. The second-order valence-corrected chi connectivity index (χ2v) is 6.41. The summed E-state index contributed by atoms with van der Waals surface area (Å²) in [4.78, 5) is -0.509. The van der Waals surface area contributed by atoms with Gasteiger partial charge in [-0.25, -0.2) is 17.5 Å². The molecule has 0 spiro atoms. The maximum absolute atomic E-state index is 13.6. The first-order chi connectivity index (χ1) is 8.45. The van der Waals surface area contributed by atoms with E-state index in [9.17, 15) is 12.8 Å². The summed E-state index contributed by atoms with van der Waals surface area (Å²) in [6.45, 7) is 0.190. The van der Waals surface area contributed by atoms with E-state index in [4.69, 9.17) is 17.3 Å². The molecule has 1 saturated carbocycles. The molecule has 2 rings (SSSR count). The first-order valence-electron chi connectivity index (χ1n) is 5.62. The molecule has 1 fully saturated rings. The Morgan fingerprint density at radius 3 is 2.67 bits per heavy atom. The van der Waals surface area contributed by atoms with Gasteiger partial charge in [-0.05, 0) is 30.9 Å². The van der Waals surface area contributed by atoms with Crippen molar-refractivity contribution in [2.75, 3.05) is 6.54 Å². The Bertz CT molecular complexity index is 526. The zero-order chi connectivity index (χ0) is 13.3. The lowest BCUT2D eigenvalue weighted by Crippen LogP contribution is -2.42. The first-order valence-corrected chi connectivity index (χ1v) is 7.48. The number of nitrogens with two attached hydrogens (primary N) is 1. The molecule has 0 heterocycles. The average molecular weight is 293 g/mol. The lowest BCUT2D eigenvalue weighted by Gasteiger charge is -2.17. The molecule has 18 heavy (non-hydrogen) atoms. The van der Waals surface area contributed by atoms with Crippen molar-refractivity contribution in [2.24, 2.45) is 11.7 Å². The highest BCUT2D eigenvalue weighted by Gasteiger charge is 2.34. The van der Waals surface area contributed by atoms with Gasteiger partial charge >= 0.3 is 0 Å². The molecule has 1 atom stereocenters. The molecule has 0 bridgehead atoms. The number of nitrogens with one attached hydrogen (secondary N) is 1. The van der Waals surface area contributed by atoms with Crippen LogP contribution in [-0.2, 0) is 10.0 Å². The Morgan fingerprint density at radius 1 is 1.50 bits per heavy atom. The lowest BCUT2D eigenvalue weighted by molar-refractivity contribution is 0.511. The van der Waals surface area contributed by atoms with Crippen LogP contribution >= 0.6 is 11.6 Å². The van der Waals surface area contributed by atoms with E-state index < -0.39 is 20.7 Å². The molecule has 4 nitrogen and oxygen atoms in total. The maximum Gasteiger partial charge on any atom is 0.245 e. The minimum Gasteiger partial charge on any atom is -0.329 e. The van der Waals surface area contributed by atoms with Gasteiger partial charge in [-0.2, -0.15) is 0 Å². The van der Waals surface area contributed by atoms with E-state index in [2.05, 4.69) is 4.72 Å². The van der Waals surface area contributed by atoms with Gasteiger partial charge in [0.05, 0.1) is 5.02 Å². The Hall–Kier alpha value is -0.690. The second kappa shape index (κ2) is 5.13. The van der Waals surface area contributed by atoms with E-state index in [1.165, 1.54) is 12.1 Å². The van der Waals surface area contributed by atoms with Crippen LogP contribution in [0.25, 0.3) is 0 Å². The molecule has 3 N–H and O–H groups in total. The van der Waals surface area contributed by atoms with Crippen molar-refractivity contribution >= 4 is 21.6 Å². The summed E-state index contributed by atoms with van der Waals surface area (Å²) < 4.78 is 40.2. The quantitative estimate of drug-likeness (QED) is 0.864. The topological polar surface area (TPSA) is 72.2 Å². The molecule has 100 valence electrons. The highest BCUT2D eigenvalue weighted by molar-refractivity contribution is 7.89. The van der Waals surface area contributed by atoms with Gasteiger partial charge in [0.2, 0.25) is 10.0 Å². The summed E-state index contributed by atoms with van der Waals surface area (Å²) >= 11 is 5.75. The number of rotatable bonds is 5. The van der Waals surface area contributed by atoms with E-state index >= 15 is 0 Å². The normalized spacial score (nSPS) is 17.7. The number of sulfonamides is 1. The zero-order valence-electron chi connectivity index (χ0n) is 9.57. The van der Waals surface area contributed by atoms with Crippen LogP contribution in [0.4, 0.5) is 4.39 Å². The fourth-order valence-electron chi connectivity index (χ4n) is 1.83. The van der Waals surface area contributed by atoms with Crippen molar-refractivity contribution < 1.29 is 12.8 Å². The molecular weight excluding hydrogens is 279 g/mol. The summed E-state index contributed by atoms with van der Waals surface area (Å²) in [6.07, 6.45) is 1.88. The molecule has 1 aliphatic rings. The van der Waals surface area contributed by atoms with Crippen molar-refractivity contribution in [3.8, 4) is 0 Å². The van der Waals surface area contributed by atoms with Crippen LogP contribution in [0.1, 0.15) is 12.8 Å². The van der Waals surface area contributed by atoms with E-state index in [0.717, 1.165) is 18.9 Å². The lowest BCUT2D eigenvalue weighted by atomic mass is 10.2. The smallest absolute Gasteiger partial charge is 0.245 e. The predicted octanol–water partition coefficient (Wildman–Crippen LogP) is 1.49. The third-order valence-corrected chi connectivity index (χ3v) is 4.93. The third kappa shape index (κ3) is 2.83. The van der Waals surface area contributed by atoms with Gasteiger partial charge in [-0.1, -0.05) is 17.7 Å². The van der Waals surface area contributed by atoms with Gasteiger partial charge < -0.3 is 5.73 Å². The molecule has 1 unspecified atom stereocenters. The van der Waals surface area contributed by atoms with E-state index in [-0.39, 0.29) is 23.5 Å². The van der Waals surface area contributed by atoms with E-state index in [0.29, 0.717) is 0 Å². The minimum atomic E-state index is -3.97. The molecule has 0 aliphatic heterocycles. The van der Waals surface area contributed by atoms with Gasteiger partial charge in [0.25, 0.3) is 0 Å². The summed E-state index contributed by atoms with van der Waals surface area (Å²) in [5.41, 5.74) is 5.52. The van der Waals surface area contributed by atoms with Crippen molar-refractivity contribution in [3.05, 3.63) is 29.0 Å². The monoisotopic (exact) mass is 292 g/mol. The van der Waals surface area contributed by atoms with Crippen LogP contribution in [0.5, 0.6) is 0 Å². The first kappa shape index (κ1) is 13.7. The van der Waals surface area contributed by atoms with Crippen LogP contribution in [-0.4, -0.2) is 21.0 Å². The third-order valence-electron chi connectivity index (χ3n) is 2.94. The SMILES string of the molecule is NCC(NS(=O)(=O)c1c(F)cccc1Cl)C1CC1. The second-order valence-electron chi connectivity index (χ2n) is 4.35. The van der Waals surface area contributed by atoms with Gasteiger partial charge in [0, 0.05) is 12.6 Å². The Morgan fingerprint density at radius 2 is 2.17 bits per heavy atom. The molecular formula is C11H14ClFN2O2S. The molecule has 0 amide bonds. The summed E-state index contributed by atoms with van der Waals surface area (Å²) in [5.74, 6) is -0.614. The average Bonchev–Trinajstić information content (AvgIpc) is 3.09. The standard InChI is InChI=1S/C11H14ClFN2O2S/c12-8-2-1-3-9(13)11(8)18(16,17)15-10(6-14)7-4-5-7/h1-3,7,10,15H,4-6,14H2. The van der Waals surface area contributed by atoms with E-state index in [1.807, 2.05) is 0 Å². The summed E-state index contributed by atoms with van der Waals surface area (Å²) in [5, 5.41) is -0.130. The summed E-state index contributed by atoms with van der Waals surface area (Å²) in [6, 6.07) is 3.41.